The summed E-state index contributed by atoms with van der Waals surface area (Å²) in [6, 6.07) is 9.51. The van der Waals surface area contributed by atoms with Crippen LogP contribution in [-0.2, 0) is 9.53 Å². The molecule has 2 unspecified atom stereocenters. The average Bonchev–Trinajstić information content (AvgIpc) is 3.13. The Morgan fingerprint density at radius 1 is 0.929 bits per heavy atom. The lowest BCUT2D eigenvalue weighted by Gasteiger charge is -2.21. The van der Waals surface area contributed by atoms with Crippen LogP contribution in [-0.4, -0.2) is 11.6 Å². The zero-order chi connectivity index (χ0) is 20.2. The Morgan fingerprint density at radius 3 is 1.96 bits per heavy atom. The van der Waals surface area contributed by atoms with Gasteiger partial charge in [0.05, 0.1) is 5.92 Å². The van der Waals surface area contributed by atoms with Gasteiger partial charge in [0.2, 0.25) is 0 Å². The summed E-state index contributed by atoms with van der Waals surface area (Å²) >= 11 is 0. The number of fused-ring (bicyclic) bond motifs is 1. The lowest BCUT2D eigenvalue weighted by atomic mass is 9.91. The molecule has 2 aliphatic rings. The summed E-state index contributed by atoms with van der Waals surface area (Å²) in [5.74, 6) is -2.74. The minimum Gasteiger partial charge on any atom is -0.460 e. The lowest BCUT2D eigenvalue weighted by molar-refractivity contribution is -0.157. The number of carbonyl (C=O) groups is 1. The van der Waals surface area contributed by atoms with Gasteiger partial charge in [0, 0.05) is 0 Å². The predicted octanol–water partition coefficient (Wildman–Crippen LogP) is 5.85. The van der Waals surface area contributed by atoms with E-state index >= 15 is 0 Å². The fraction of sp³-hybridized carbons (Fsp3) is 0.435. The van der Waals surface area contributed by atoms with Crippen molar-refractivity contribution in [3.8, 4) is 11.1 Å². The normalized spacial score (nSPS) is 26.1. The summed E-state index contributed by atoms with van der Waals surface area (Å²) in [6.07, 6.45) is 1.90. The van der Waals surface area contributed by atoms with Gasteiger partial charge in [-0.2, -0.15) is 0 Å². The molecular weight excluding hydrogens is 365 g/mol. The third-order valence-electron chi connectivity index (χ3n) is 5.82. The van der Waals surface area contributed by atoms with Crippen LogP contribution in [0.15, 0.2) is 36.4 Å². The minimum atomic E-state index is -1.45. The zero-order valence-corrected chi connectivity index (χ0v) is 16.1. The van der Waals surface area contributed by atoms with Crippen LogP contribution in [0.2, 0.25) is 0 Å². The molecule has 0 spiro atoms. The van der Waals surface area contributed by atoms with Crippen LogP contribution in [0.4, 0.5) is 13.2 Å². The van der Waals surface area contributed by atoms with E-state index in [1.165, 1.54) is 0 Å². The molecule has 0 aliphatic heterocycles. The minimum absolute atomic E-state index is 0.0277. The molecule has 0 saturated heterocycles. The number of hydrogen-bond acceptors (Lipinski definition) is 2. The van der Waals surface area contributed by atoms with Gasteiger partial charge in [0.25, 0.3) is 0 Å². The standard InChI is InChI=1S/C23H23F3O2/c1-23(2,3)28-22(27)20-16-8-14(9-17(16)20)12-4-6-13(7-5-12)15-10-18(24)21(26)19(25)11-15/h4-7,10-11,14,16-17,20H,8-9H2,1-3H3/t14?,16-,17+,20?. The molecule has 28 heavy (non-hydrogen) atoms. The van der Waals surface area contributed by atoms with Crippen LogP contribution in [0.1, 0.15) is 45.1 Å². The van der Waals surface area contributed by atoms with Gasteiger partial charge in [-0.15, -0.1) is 0 Å². The molecule has 0 aromatic heterocycles. The highest BCUT2D eigenvalue weighted by molar-refractivity contribution is 5.77. The third-order valence-corrected chi connectivity index (χ3v) is 5.82. The van der Waals surface area contributed by atoms with Gasteiger partial charge in [-0.05, 0) is 80.2 Å². The molecule has 2 aromatic carbocycles. The van der Waals surface area contributed by atoms with Crippen molar-refractivity contribution < 1.29 is 22.7 Å². The number of esters is 1. The largest absolute Gasteiger partial charge is 0.460 e. The van der Waals surface area contributed by atoms with Gasteiger partial charge in [0.15, 0.2) is 17.5 Å². The van der Waals surface area contributed by atoms with E-state index in [4.69, 9.17) is 4.74 Å². The van der Waals surface area contributed by atoms with Gasteiger partial charge in [0.1, 0.15) is 5.60 Å². The lowest BCUT2D eigenvalue weighted by Crippen LogP contribution is -2.26. The van der Waals surface area contributed by atoms with Gasteiger partial charge in [-0.3, -0.25) is 4.79 Å². The third kappa shape index (κ3) is 3.54. The first-order valence-corrected chi connectivity index (χ1v) is 9.62. The molecule has 0 amide bonds. The van der Waals surface area contributed by atoms with Crippen molar-refractivity contribution in [3.05, 3.63) is 59.4 Å². The number of ether oxygens (including phenoxy) is 1. The summed E-state index contributed by atoms with van der Waals surface area (Å²) in [6.45, 7) is 5.64. The number of benzene rings is 2. The molecule has 0 heterocycles. The topological polar surface area (TPSA) is 26.3 Å². The molecule has 2 aromatic rings. The fourth-order valence-electron chi connectivity index (χ4n) is 4.50. The van der Waals surface area contributed by atoms with E-state index < -0.39 is 23.1 Å². The molecule has 2 nitrogen and oxygen atoms in total. The second-order valence-corrected chi connectivity index (χ2v) is 8.93. The highest BCUT2D eigenvalue weighted by atomic mass is 19.2. The van der Waals surface area contributed by atoms with Crippen molar-refractivity contribution in [2.45, 2.75) is 45.1 Å². The Bertz CT molecular complexity index is 879. The summed E-state index contributed by atoms with van der Waals surface area (Å²) in [5.41, 5.74) is 1.64. The zero-order valence-electron chi connectivity index (χ0n) is 16.1. The molecule has 0 radical (unpaired) electrons. The summed E-state index contributed by atoms with van der Waals surface area (Å²) in [5, 5.41) is 0. The van der Waals surface area contributed by atoms with E-state index in [1.54, 1.807) is 12.1 Å². The van der Waals surface area contributed by atoms with Crippen LogP contribution in [0, 0.1) is 35.2 Å². The quantitative estimate of drug-likeness (QED) is 0.487. The average molecular weight is 388 g/mol. The van der Waals surface area contributed by atoms with Crippen molar-refractivity contribution in [2.24, 2.45) is 17.8 Å². The Balaban J connectivity index is 1.41. The summed E-state index contributed by atoms with van der Waals surface area (Å²) in [4.78, 5) is 12.2. The molecule has 2 fully saturated rings. The van der Waals surface area contributed by atoms with Crippen molar-refractivity contribution in [1.29, 1.82) is 0 Å². The monoisotopic (exact) mass is 388 g/mol. The van der Waals surface area contributed by atoms with E-state index in [0.29, 0.717) is 28.9 Å². The first-order valence-electron chi connectivity index (χ1n) is 9.62. The summed E-state index contributed by atoms with van der Waals surface area (Å²) < 4.78 is 45.5. The maximum Gasteiger partial charge on any atom is 0.310 e. The molecule has 4 atom stereocenters. The van der Waals surface area contributed by atoms with Crippen LogP contribution >= 0.6 is 0 Å². The molecule has 148 valence electrons. The van der Waals surface area contributed by atoms with Gasteiger partial charge >= 0.3 is 5.97 Å². The Morgan fingerprint density at radius 2 is 1.46 bits per heavy atom. The van der Waals surface area contributed by atoms with E-state index in [2.05, 4.69) is 0 Å². The molecular formula is C23H23F3O2. The number of carbonyl (C=O) groups excluding carboxylic acids is 1. The number of hydrogen-bond donors (Lipinski definition) is 0. The van der Waals surface area contributed by atoms with Crippen LogP contribution in [0.5, 0.6) is 0 Å². The van der Waals surface area contributed by atoms with Crippen molar-refractivity contribution in [2.75, 3.05) is 0 Å². The van der Waals surface area contributed by atoms with E-state index in [-0.39, 0.29) is 11.9 Å². The first-order chi connectivity index (χ1) is 13.1. The molecule has 5 heteroatoms. The Labute approximate surface area is 162 Å². The van der Waals surface area contributed by atoms with Crippen LogP contribution in [0.25, 0.3) is 11.1 Å². The maximum absolute atomic E-state index is 13.5. The van der Waals surface area contributed by atoms with Crippen LogP contribution < -0.4 is 0 Å². The smallest absolute Gasteiger partial charge is 0.310 e. The molecule has 2 saturated carbocycles. The van der Waals surface area contributed by atoms with E-state index in [0.717, 1.165) is 30.5 Å². The summed E-state index contributed by atoms with van der Waals surface area (Å²) in [7, 11) is 0. The number of halogens is 3. The first kappa shape index (κ1) is 19.0. The molecule has 0 N–H and O–H groups in total. The number of rotatable bonds is 3. The fourth-order valence-corrected chi connectivity index (χ4v) is 4.50. The van der Waals surface area contributed by atoms with E-state index in [9.17, 15) is 18.0 Å². The predicted molar refractivity (Wildman–Crippen MR) is 100 cm³/mol. The molecule has 2 aliphatic carbocycles. The van der Waals surface area contributed by atoms with Gasteiger partial charge in [-0.1, -0.05) is 24.3 Å². The second-order valence-electron chi connectivity index (χ2n) is 8.93. The van der Waals surface area contributed by atoms with E-state index in [1.807, 2.05) is 32.9 Å². The van der Waals surface area contributed by atoms with Gasteiger partial charge < -0.3 is 4.74 Å². The van der Waals surface area contributed by atoms with Crippen molar-refractivity contribution in [3.63, 3.8) is 0 Å². The maximum atomic E-state index is 13.5. The molecule has 0 bridgehead atoms. The Hall–Kier alpha value is -2.30. The van der Waals surface area contributed by atoms with Crippen LogP contribution in [0.3, 0.4) is 0 Å². The van der Waals surface area contributed by atoms with Crippen molar-refractivity contribution >= 4 is 5.97 Å². The SMILES string of the molecule is CC(C)(C)OC(=O)C1[C@H]2CC(c3ccc(-c4cc(F)c(F)c(F)c4)cc3)C[C@@H]12. The highest BCUT2D eigenvalue weighted by Crippen LogP contribution is 2.62. The Kier molecular flexibility index (Phi) is 4.52. The van der Waals surface area contributed by atoms with Crippen molar-refractivity contribution in [1.82, 2.24) is 0 Å². The highest BCUT2D eigenvalue weighted by Gasteiger charge is 2.60. The molecule has 4 rings (SSSR count). The second kappa shape index (κ2) is 6.64. The van der Waals surface area contributed by atoms with Gasteiger partial charge in [-0.25, -0.2) is 13.2 Å².